The van der Waals surface area contributed by atoms with Gasteiger partial charge in [0.05, 0.1) is 0 Å². The molecule has 0 saturated carbocycles. The molecule has 0 aliphatic heterocycles. The van der Waals surface area contributed by atoms with E-state index in [0.29, 0.717) is 24.3 Å². The maximum absolute atomic E-state index is 10.7. The monoisotopic (exact) mass is 306 g/mol. The smallest absolute Gasteiger partial charge is 0.255 e. The summed E-state index contributed by atoms with van der Waals surface area (Å²) in [6.45, 7) is 6.93. The molecular weight excluding hydrogens is 280 g/mol. The predicted molar refractivity (Wildman–Crippen MR) is 88.8 cm³/mol. The van der Waals surface area contributed by atoms with Crippen LogP contribution in [-0.2, 0) is 11.3 Å². The van der Waals surface area contributed by atoms with Crippen molar-refractivity contribution in [2.45, 2.75) is 33.4 Å². The first-order valence-electron chi connectivity index (χ1n) is 7.39. The van der Waals surface area contributed by atoms with Gasteiger partial charge in [-0.15, -0.1) is 0 Å². The molecular formula is C16H26N4O2. The fourth-order valence-corrected chi connectivity index (χ4v) is 1.66. The van der Waals surface area contributed by atoms with Gasteiger partial charge in [0, 0.05) is 19.6 Å². The lowest BCUT2D eigenvalue weighted by Crippen LogP contribution is -2.43. The number of guanidine groups is 1. The molecule has 0 aromatic heterocycles. The number of ether oxygens (including phenoxy) is 1. The first-order valence-corrected chi connectivity index (χ1v) is 7.39. The van der Waals surface area contributed by atoms with E-state index < -0.39 is 5.91 Å². The Morgan fingerprint density at radius 2 is 2.09 bits per heavy atom. The molecule has 4 N–H and O–H groups in total. The van der Waals surface area contributed by atoms with Gasteiger partial charge in [0.15, 0.2) is 12.6 Å². The number of hydrogen-bond acceptors (Lipinski definition) is 3. The van der Waals surface area contributed by atoms with Gasteiger partial charge >= 0.3 is 0 Å². The Labute approximate surface area is 132 Å². The van der Waals surface area contributed by atoms with E-state index in [1.165, 1.54) is 0 Å². The SMILES string of the molecule is CN=C(NCc1cccc(OCC(N)=O)c1)NC(C)C(C)C. The fraction of sp³-hybridized carbons (Fsp3) is 0.500. The summed E-state index contributed by atoms with van der Waals surface area (Å²) in [7, 11) is 1.74. The molecule has 22 heavy (non-hydrogen) atoms. The summed E-state index contributed by atoms with van der Waals surface area (Å²) in [5.41, 5.74) is 6.09. The molecule has 1 aromatic carbocycles. The van der Waals surface area contributed by atoms with E-state index in [4.69, 9.17) is 10.5 Å². The molecule has 6 nitrogen and oxygen atoms in total. The van der Waals surface area contributed by atoms with E-state index in [1.807, 2.05) is 18.2 Å². The molecule has 1 amide bonds. The number of hydrogen-bond donors (Lipinski definition) is 3. The number of nitrogens with zero attached hydrogens (tertiary/aromatic N) is 1. The number of rotatable bonds is 7. The Kier molecular flexibility index (Phi) is 7.22. The third-order valence-electron chi connectivity index (χ3n) is 3.33. The molecule has 0 spiro atoms. The van der Waals surface area contributed by atoms with Gasteiger partial charge in [-0.05, 0) is 30.5 Å². The zero-order valence-corrected chi connectivity index (χ0v) is 13.7. The van der Waals surface area contributed by atoms with Crippen LogP contribution in [0.4, 0.5) is 0 Å². The van der Waals surface area contributed by atoms with Crippen LogP contribution in [0.3, 0.4) is 0 Å². The summed E-state index contributed by atoms with van der Waals surface area (Å²) in [4.78, 5) is 14.9. The number of nitrogens with one attached hydrogen (secondary N) is 2. The van der Waals surface area contributed by atoms with E-state index in [9.17, 15) is 4.79 Å². The van der Waals surface area contributed by atoms with E-state index in [1.54, 1.807) is 13.1 Å². The van der Waals surface area contributed by atoms with Crippen LogP contribution < -0.4 is 21.1 Å². The van der Waals surface area contributed by atoms with Crippen LogP contribution in [0, 0.1) is 5.92 Å². The molecule has 0 fully saturated rings. The standard InChI is InChI=1S/C16H26N4O2/c1-11(2)12(3)20-16(18-4)19-9-13-6-5-7-14(8-13)22-10-15(17)21/h5-8,11-12H,9-10H2,1-4H3,(H2,17,21)(H2,18,19,20). The van der Waals surface area contributed by atoms with Gasteiger partial charge in [0.25, 0.3) is 5.91 Å². The first-order chi connectivity index (χ1) is 10.4. The molecule has 0 aliphatic carbocycles. The molecule has 1 rings (SSSR count). The number of nitrogens with two attached hydrogens (primary N) is 1. The highest BCUT2D eigenvalue weighted by atomic mass is 16.5. The normalized spacial score (nSPS) is 12.9. The summed E-state index contributed by atoms with van der Waals surface area (Å²) >= 11 is 0. The topological polar surface area (TPSA) is 88.7 Å². The van der Waals surface area contributed by atoms with Gasteiger partial charge in [0.2, 0.25) is 0 Å². The molecule has 1 atom stereocenters. The van der Waals surface area contributed by atoms with Gasteiger partial charge in [-0.1, -0.05) is 26.0 Å². The van der Waals surface area contributed by atoms with E-state index in [-0.39, 0.29) is 6.61 Å². The summed E-state index contributed by atoms with van der Waals surface area (Å²) in [5, 5.41) is 6.59. The number of amides is 1. The van der Waals surface area contributed by atoms with Crippen LogP contribution >= 0.6 is 0 Å². The highest BCUT2D eigenvalue weighted by Crippen LogP contribution is 2.13. The molecule has 1 unspecified atom stereocenters. The summed E-state index contributed by atoms with van der Waals surface area (Å²) in [5.74, 6) is 1.40. The number of carbonyl (C=O) groups excluding carboxylic acids is 1. The molecule has 6 heteroatoms. The van der Waals surface area contributed by atoms with Gasteiger partial charge < -0.3 is 21.1 Å². The fourth-order valence-electron chi connectivity index (χ4n) is 1.66. The summed E-state index contributed by atoms with van der Waals surface area (Å²) < 4.78 is 5.29. The number of carbonyl (C=O) groups is 1. The summed E-state index contributed by atoms with van der Waals surface area (Å²) in [6.07, 6.45) is 0. The highest BCUT2D eigenvalue weighted by Gasteiger charge is 2.08. The Balaban J connectivity index is 2.55. The van der Waals surface area contributed by atoms with Crippen LogP contribution in [0.2, 0.25) is 0 Å². The van der Waals surface area contributed by atoms with Gasteiger partial charge in [-0.2, -0.15) is 0 Å². The Hall–Kier alpha value is -2.24. The Morgan fingerprint density at radius 3 is 2.68 bits per heavy atom. The van der Waals surface area contributed by atoms with Crippen LogP contribution in [0.5, 0.6) is 5.75 Å². The second-order valence-electron chi connectivity index (χ2n) is 5.51. The van der Waals surface area contributed by atoms with Crippen LogP contribution in [0.25, 0.3) is 0 Å². The molecule has 0 radical (unpaired) electrons. The van der Waals surface area contributed by atoms with Crippen molar-refractivity contribution in [1.82, 2.24) is 10.6 Å². The average Bonchev–Trinajstić information content (AvgIpc) is 2.49. The quantitative estimate of drug-likeness (QED) is 0.523. The number of aliphatic imine (C=N–C) groups is 1. The average molecular weight is 306 g/mol. The van der Waals surface area contributed by atoms with Gasteiger partial charge in [0.1, 0.15) is 5.75 Å². The van der Waals surface area contributed by atoms with Crippen molar-refractivity contribution in [2.24, 2.45) is 16.6 Å². The van der Waals surface area contributed by atoms with Gasteiger partial charge in [-0.25, -0.2) is 0 Å². The minimum Gasteiger partial charge on any atom is -0.484 e. The minimum atomic E-state index is -0.490. The number of primary amides is 1. The second kappa shape index (κ2) is 8.92. The predicted octanol–water partition coefficient (Wildman–Crippen LogP) is 1.26. The molecule has 0 saturated heterocycles. The zero-order chi connectivity index (χ0) is 16.5. The molecule has 0 aliphatic rings. The van der Waals surface area contributed by atoms with Crippen molar-refractivity contribution in [3.05, 3.63) is 29.8 Å². The summed E-state index contributed by atoms with van der Waals surface area (Å²) in [6, 6.07) is 7.84. The first kappa shape index (κ1) is 17.8. The Morgan fingerprint density at radius 1 is 1.36 bits per heavy atom. The lowest BCUT2D eigenvalue weighted by molar-refractivity contribution is -0.119. The van der Waals surface area contributed by atoms with Crippen molar-refractivity contribution < 1.29 is 9.53 Å². The van der Waals surface area contributed by atoms with E-state index in [2.05, 4.69) is 36.4 Å². The lowest BCUT2D eigenvalue weighted by atomic mass is 10.1. The van der Waals surface area contributed by atoms with Crippen molar-refractivity contribution >= 4 is 11.9 Å². The van der Waals surface area contributed by atoms with Crippen LogP contribution in [-0.4, -0.2) is 31.6 Å². The van der Waals surface area contributed by atoms with Crippen LogP contribution in [0.1, 0.15) is 26.3 Å². The van der Waals surface area contributed by atoms with Gasteiger partial charge in [-0.3, -0.25) is 9.79 Å². The van der Waals surface area contributed by atoms with Crippen molar-refractivity contribution in [3.63, 3.8) is 0 Å². The maximum atomic E-state index is 10.7. The molecule has 1 aromatic rings. The third-order valence-corrected chi connectivity index (χ3v) is 3.33. The van der Waals surface area contributed by atoms with Crippen molar-refractivity contribution in [3.8, 4) is 5.75 Å². The molecule has 122 valence electrons. The van der Waals surface area contributed by atoms with Crippen molar-refractivity contribution in [2.75, 3.05) is 13.7 Å². The lowest BCUT2D eigenvalue weighted by Gasteiger charge is -2.20. The molecule has 0 bridgehead atoms. The van der Waals surface area contributed by atoms with E-state index >= 15 is 0 Å². The zero-order valence-electron chi connectivity index (χ0n) is 13.7. The number of benzene rings is 1. The highest BCUT2D eigenvalue weighted by molar-refractivity contribution is 5.80. The minimum absolute atomic E-state index is 0.119. The molecule has 0 heterocycles. The van der Waals surface area contributed by atoms with E-state index in [0.717, 1.165) is 11.5 Å². The Bertz CT molecular complexity index is 515. The van der Waals surface area contributed by atoms with Crippen LogP contribution in [0.15, 0.2) is 29.3 Å². The second-order valence-corrected chi connectivity index (χ2v) is 5.51. The third kappa shape index (κ3) is 6.47. The largest absolute Gasteiger partial charge is 0.484 e. The maximum Gasteiger partial charge on any atom is 0.255 e. The van der Waals surface area contributed by atoms with Crippen molar-refractivity contribution in [1.29, 1.82) is 0 Å².